The predicted molar refractivity (Wildman–Crippen MR) is 79.7 cm³/mol. The average molecular weight is 304 g/mol. The summed E-state index contributed by atoms with van der Waals surface area (Å²) in [4.78, 5) is 30.7. The van der Waals surface area contributed by atoms with E-state index in [4.69, 9.17) is 10.2 Å². The molecular weight excluding hydrogens is 288 g/mol. The van der Waals surface area contributed by atoms with Crippen molar-refractivity contribution in [1.29, 1.82) is 0 Å². The topological polar surface area (TPSA) is 109 Å². The van der Waals surface area contributed by atoms with Crippen molar-refractivity contribution in [3.05, 3.63) is 42.1 Å². The van der Waals surface area contributed by atoms with Gasteiger partial charge in [-0.1, -0.05) is 25.1 Å². The standard InChI is InChI=1S/C11H12N2O.C4H4O4/c1-3-10(14)11-8-6-4-5-7-9(8)13(2)12-11;5-3(6)1-2-4(7)8/h4-7H,3H2,1-2H3;1-2H,(H,5,6)(H,7,8)/b;2-1+. The number of aromatic nitrogens is 2. The molecule has 22 heavy (non-hydrogen) atoms. The second-order valence-electron chi connectivity index (χ2n) is 4.28. The molecule has 0 saturated carbocycles. The van der Waals surface area contributed by atoms with Crippen molar-refractivity contribution in [3.8, 4) is 0 Å². The lowest BCUT2D eigenvalue weighted by Gasteiger charge is -1.91. The molecule has 1 aromatic carbocycles. The summed E-state index contributed by atoms with van der Waals surface area (Å²) in [6, 6.07) is 7.78. The number of rotatable bonds is 4. The first-order chi connectivity index (χ1) is 10.4. The van der Waals surface area contributed by atoms with Gasteiger partial charge in [-0.3, -0.25) is 9.48 Å². The number of para-hydroxylation sites is 1. The summed E-state index contributed by atoms with van der Waals surface area (Å²) in [5.74, 6) is -2.42. The zero-order valence-electron chi connectivity index (χ0n) is 12.2. The molecule has 0 bridgehead atoms. The Morgan fingerprint density at radius 1 is 1.14 bits per heavy atom. The highest BCUT2D eigenvalue weighted by Crippen LogP contribution is 2.18. The van der Waals surface area contributed by atoms with Crippen LogP contribution in [0.1, 0.15) is 23.8 Å². The van der Waals surface area contributed by atoms with Gasteiger partial charge < -0.3 is 10.2 Å². The second kappa shape index (κ2) is 7.72. The molecule has 1 heterocycles. The van der Waals surface area contributed by atoms with Gasteiger partial charge in [-0.15, -0.1) is 0 Å². The number of carbonyl (C=O) groups excluding carboxylic acids is 1. The van der Waals surface area contributed by atoms with E-state index in [1.165, 1.54) is 0 Å². The Balaban J connectivity index is 0.000000261. The zero-order chi connectivity index (χ0) is 16.7. The molecule has 116 valence electrons. The Labute approximate surface area is 126 Å². The highest BCUT2D eigenvalue weighted by atomic mass is 16.4. The number of carbonyl (C=O) groups is 3. The van der Waals surface area contributed by atoms with Crippen LogP contribution in [0, 0.1) is 0 Å². The van der Waals surface area contributed by atoms with Gasteiger partial charge in [0.1, 0.15) is 5.69 Å². The highest BCUT2D eigenvalue weighted by Gasteiger charge is 2.13. The van der Waals surface area contributed by atoms with E-state index in [2.05, 4.69) is 5.10 Å². The van der Waals surface area contributed by atoms with Crippen LogP contribution < -0.4 is 0 Å². The first-order valence-electron chi connectivity index (χ1n) is 6.45. The lowest BCUT2D eigenvalue weighted by molar-refractivity contribution is -0.134. The number of hydrogen-bond acceptors (Lipinski definition) is 4. The van der Waals surface area contributed by atoms with E-state index in [1.54, 1.807) is 4.68 Å². The summed E-state index contributed by atoms with van der Waals surface area (Å²) < 4.78 is 1.75. The average Bonchev–Trinajstić information content (AvgIpc) is 2.83. The number of aryl methyl sites for hydroxylation is 1. The van der Waals surface area contributed by atoms with E-state index in [-0.39, 0.29) is 5.78 Å². The SMILES string of the molecule is CCC(=O)c1nn(C)c2ccccc12.O=C(O)/C=C/C(=O)O. The maximum absolute atomic E-state index is 11.6. The molecule has 0 spiro atoms. The van der Waals surface area contributed by atoms with Crippen LogP contribution in [0.5, 0.6) is 0 Å². The van der Waals surface area contributed by atoms with Gasteiger partial charge in [0.2, 0.25) is 0 Å². The fourth-order valence-electron chi connectivity index (χ4n) is 1.73. The summed E-state index contributed by atoms with van der Waals surface area (Å²) in [5.41, 5.74) is 1.59. The van der Waals surface area contributed by atoms with E-state index in [0.29, 0.717) is 24.3 Å². The highest BCUT2D eigenvalue weighted by molar-refractivity contribution is 6.05. The maximum Gasteiger partial charge on any atom is 0.328 e. The van der Waals surface area contributed by atoms with Crippen molar-refractivity contribution in [1.82, 2.24) is 9.78 Å². The van der Waals surface area contributed by atoms with Crippen LogP contribution in [-0.4, -0.2) is 37.7 Å². The first-order valence-corrected chi connectivity index (χ1v) is 6.45. The van der Waals surface area contributed by atoms with E-state index in [0.717, 1.165) is 10.9 Å². The molecule has 0 aliphatic carbocycles. The molecule has 2 aromatic rings. The molecular formula is C15H16N2O5. The van der Waals surface area contributed by atoms with Gasteiger partial charge in [-0.05, 0) is 6.07 Å². The quantitative estimate of drug-likeness (QED) is 0.659. The molecule has 2 N–H and O–H groups in total. The van der Waals surface area contributed by atoms with Crippen LogP contribution in [0.2, 0.25) is 0 Å². The van der Waals surface area contributed by atoms with Crippen molar-refractivity contribution in [2.45, 2.75) is 13.3 Å². The summed E-state index contributed by atoms with van der Waals surface area (Å²) in [6.07, 6.45) is 1.62. The molecule has 0 radical (unpaired) electrons. The van der Waals surface area contributed by atoms with Crippen molar-refractivity contribution >= 4 is 28.6 Å². The third-order valence-electron chi connectivity index (χ3n) is 2.71. The van der Waals surface area contributed by atoms with Crippen LogP contribution in [0.15, 0.2) is 36.4 Å². The van der Waals surface area contributed by atoms with Crippen LogP contribution in [0.25, 0.3) is 10.9 Å². The molecule has 0 aliphatic heterocycles. The Hall–Kier alpha value is -2.96. The van der Waals surface area contributed by atoms with E-state index in [9.17, 15) is 14.4 Å². The number of carboxylic acids is 2. The van der Waals surface area contributed by atoms with Gasteiger partial charge in [0.25, 0.3) is 0 Å². The zero-order valence-corrected chi connectivity index (χ0v) is 12.2. The summed E-state index contributed by atoms with van der Waals surface area (Å²) >= 11 is 0. The minimum Gasteiger partial charge on any atom is -0.478 e. The maximum atomic E-state index is 11.6. The summed E-state index contributed by atoms with van der Waals surface area (Å²) in [7, 11) is 1.86. The number of Topliss-reactive ketones (excluding diaryl/α,β-unsaturated/α-hetero) is 1. The number of ketones is 1. The van der Waals surface area contributed by atoms with Crippen LogP contribution in [-0.2, 0) is 16.6 Å². The van der Waals surface area contributed by atoms with Crippen LogP contribution in [0.4, 0.5) is 0 Å². The Morgan fingerprint density at radius 2 is 1.68 bits per heavy atom. The number of carboxylic acid groups (broad SMARTS) is 2. The molecule has 1 aromatic heterocycles. The lowest BCUT2D eigenvalue weighted by atomic mass is 10.1. The lowest BCUT2D eigenvalue weighted by Crippen LogP contribution is -1.99. The molecule has 7 heteroatoms. The van der Waals surface area contributed by atoms with E-state index in [1.807, 2.05) is 38.2 Å². The largest absolute Gasteiger partial charge is 0.478 e. The van der Waals surface area contributed by atoms with Gasteiger partial charge in [0.15, 0.2) is 5.78 Å². The van der Waals surface area contributed by atoms with Gasteiger partial charge in [-0.2, -0.15) is 5.10 Å². The Kier molecular flexibility index (Phi) is 6.00. The van der Waals surface area contributed by atoms with Crippen LogP contribution >= 0.6 is 0 Å². The Morgan fingerprint density at radius 3 is 2.18 bits per heavy atom. The van der Waals surface area contributed by atoms with Crippen molar-refractivity contribution in [2.75, 3.05) is 0 Å². The third kappa shape index (κ3) is 4.55. The molecule has 0 aliphatic rings. The van der Waals surface area contributed by atoms with Gasteiger partial charge >= 0.3 is 11.9 Å². The molecule has 0 fully saturated rings. The minimum absolute atomic E-state index is 0.0989. The van der Waals surface area contributed by atoms with E-state index >= 15 is 0 Å². The van der Waals surface area contributed by atoms with Gasteiger partial charge in [-0.25, -0.2) is 9.59 Å². The van der Waals surface area contributed by atoms with Crippen molar-refractivity contribution < 1.29 is 24.6 Å². The molecule has 0 atom stereocenters. The van der Waals surface area contributed by atoms with Crippen molar-refractivity contribution in [3.63, 3.8) is 0 Å². The molecule has 0 saturated heterocycles. The fraction of sp³-hybridized carbons (Fsp3) is 0.200. The molecule has 7 nitrogen and oxygen atoms in total. The van der Waals surface area contributed by atoms with E-state index < -0.39 is 11.9 Å². The monoisotopic (exact) mass is 304 g/mol. The summed E-state index contributed by atoms with van der Waals surface area (Å²) in [6.45, 7) is 1.85. The number of fused-ring (bicyclic) bond motifs is 1. The minimum atomic E-state index is -1.26. The number of nitrogens with zero attached hydrogens (tertiary/aromatic N) is 2. The van der Waals surface area contributed by atoms with Crippen LogP contribution in [0.3, 0.4) is 0 Å². The normalized spacial score (nSPS) is 10.3. The van der Waals surface area contributed by atoms with Crippen molar-refractivity contribution in [2.24, 2.45) is 7.05 Å². The van der Waals surface area contributed by atoms with Gasteiger partial charge in [0.05, 0.1) is 5.52 Å². The number of hydrogen-bond donors (Lipinski definition) is 2. The second-order valence-corrected chi connectivity index (χ2v) is 4.28. The third-order valence-corrected chi connectivity index (χ3v) is 2.71. The Bertz CT molecular complexity index is 715. The van der Waals surface area contributed by atoms with Gasteiger partial charge in [0, 0.05) is 31.0 Å². The molecule has 2 rings (SSSR count). The number of benzene rings is 1. The fourth-order valence-corrected chi connectivity index (χ4v) is 1.73. The smallest absolute Gasteiger partial charge is 0.328 e. The number of aliphatic carboxylic acids is 2. The molecule has 0 amide bonds. The summed E-state index contributed by atoms with van der Waals surface area (Å²) in [5, 5.41) is 20.8. The predicted octanol–water partition coefficient (Wildman–Crippen LogP) is 1.88. The molecule has 0 unspecified atom stereocenters. The first kappa shape index (κ1) is 17.1.